The van der Waals surface area contributed by atoms with Gasteiger partial charge in [0, 0.05) is 39.3 Å². The average Bonchev–Trinajstić information content (AvgIpc) is 2.82. The molecule has 2 fully saturated rings. The topological polar surface area (TPSA) is 105 Å². The van der Waals surface area contributed by atoms with Crippen molar-refractivity contribution in [2.75, 3.05) is 53.6 Å². The van der Waals surface area contributed by atoms with E-state index in [-0.39, 0.29) is 21.9 Å². The SMILES string of the molecule is CN(C)S(=O)(=O)c1cccc(C(=O)OCC(=O)NCC2(N3CCOCC3)CCCCC2)c1. The van der Waals surface area contributed by atoms with Crippen LogP contribution in [0, 0.1) is 0 Å². The number of ether oxygens (including phenoxy) is 2. The summed E-state index contributed by atoms with van der Waals surface area (Å²) in [6.45, 7) is 3.22. The average molecular weight is 468 g/mol. The first-order chi connectivity index (χ1) is 15.2. The Bertz CT molecular complexity index is 906. The molecule has 9 nitrogen and oxygen atoms in total. The minimum absolute atomic E-state index is 0.00819. The molecule has 1 aliphatic carbocycles. The molecule has 0 atom stereocenters. The van der Waals surface area contributed by atoms with Gasteiger partial charge in [0.15, 0.2) is 6.61 Å². The molecule has 1 amide bonds. The Morgan fingerprint density at radius 3 is 2.50 bits per heavy atom. The molecular formula is C22H33N3O6S. The number of carbonyl (C=O) groups is 2. The molecule has 0 unspecified atom stereocenters. The highest BCUT2D eigenvalue weighted by atomic mass is 32.2. The molecule has 1 aliphatic heterocycles. The van der Waals surface area contributed by atoms with Gasteiger partial charge in [0.1, 0.15) is 0 Å². The molecule has 10 heteroatoms. The molecule has 3 rings (SSSR count). The van der Waals surface area contributed by atoms with E-state index in [1.807, 2.05) is 0 Å². The molecule has 2 aliphatic rings. The fourth-order valence-electron chi connectivity index (χ4n) is 4.38. The minimum atomic E-state index is -3.67. The van der Waals surface area contributed by atoms with E-state index in [0.717, 1.165) is 43.1 Å². The van der Waals surface area contributed by atoms with Gasteiger partial charge in [0.25, 0.3) is 5.91 Å². The van der Waals surface area contributed by atoms with Crippen molar-refractivity contribution in [2.45, 2.75) is 42.5 Å². The van der Waals surface area contributed by atoms with Crippen LogP contribution in [0.3, 0.4) is 0 Å². The Kier molecular flexibility index (Phi) is 8.26. The van der Waals surface area contributed by atoms with Gasteiger partial charge in [-0.3, -0.25) is 9.69 Å². The Balaban J connectivity index is 1.55. The number of hydrogen-bond acceptors (Lipinski definition) is 7. The third kappa shape index (κ3) is 5.86. The maximum atomic E-state index is 12.4. The summed E-state index contributed by atoms with van der Waals surface area (Å²) in [5.41, 5.74) is 0.00844. The predicted octanol–water partition coefficient (Wildman–Crippen LogP) is 1.25. The Hall–Kier alpha value is -2.01. The van der Waals surface area contributed by atoms with Crippen LogP contribution in [0.2, 0.25) is 0 Å². The standard InChI is InChI=1S/C22H33N3O6S/c1-24(2)32(28,29)19-8-6-7-18(15-19)21(27)31-16-20(26)23-17-22(9-4-3-5-10-22)25-11-13-30-14-12-25/h6-8,15H,3-5,9-14,16-17H2,1-2H3,(H,23,26). The lowest BCUT2D eigenvalue weighted by Gasteiger charge is -2.48. The van der Waals surface area contributed by atoms with Crippen LogP contribution in [0.25, 0.3) is 0 Å². The van der Waals surface area contributed by atoms with E-state index < -0.39 is 22.6 Å². The highest BCUT2D eigenvalue weighted by Gasteiger charge is 2.38. The van der Waals surface area contributed by atoms with Crippen molar-refractivity contribution in [1.82, 2.24) is 14.5 Å². The summed E-state index contributed by atoms with van der Waals surface area (Å²) in [6.07, 6.45) is 5.53. The van der Waals surface area contributed by atoms with E-state index in [1.54, 1.807) is 0 Å². The molecule has 1 saturated heterocycles. The molecule has 1 heterocycles. The van der Waals surface area contributed by atoms with Crippen LogP contribution in [-0.2, 0) is 24.3 Å². The number of sulfonamides is 1. The lowest BCUT2D eigenvalue weighted by molar-refractivity contribution is -0.125. The van der Waals surface area contributed by atoms with Crippen LogP contribution in [0.4, 0.5) is 0 Å². The first-order valence-electron chi connectivity index (χ1n) is 11.0. The molecule has 178 valence electrons. The second-order valence-corrected chi connectivity index (χ2v) is 10.7. The third-order valence-corrected chi connectivity index (χ3v) is 8.07. The van der Waals surface area contributed by atoms with E-state index in [4.69, 9.17) is 9.47 Å². The van der Waals surface area contributed by atoms with Gasteiger partial charge in [-0.2, -0.15) is 0 Å². The molecular weight excluding hydrogens is 434 g/mol. The summed E-state index contributed by atoms with van der Waals surface area (Å²) in [5.74, 6) is -1.11. The highest BCUT2D eigenvalue weighted by Crippen LogP contribution is 2.33. The Morgan fingerprint density at radius 1 is 1.16 bits per heavy atom. The van der Waals surface area contributed by atoms with Crippen molar-refractivity contribution in [3.05, 3.63) is 29.8 Å². The maximum Gasteiger partial charge on any atom is 0.338 e. The number of carbonyl (C=O) groups excluding carboxylic acids is 2. The monoisotopic (exact) mass is 467 g/mol. The van der Waals surface area contributed by atoms with Gasteiger partial charge in [0.2, 0.25) is 10.0 Å². The van der Waals surface area contributed by atoms with Crippen LogP contribution in [-0.4, -0.2) is 88.6 Å². The number of morpholine rings is 1. The smallest absolute Gasteiger partial charge is 0.338 e. The summed E-state index contributed by atoms with van der Waals surface area (Å²) >= 11 is 0. The van der Waals surface area contributed by atoms with Crippen LogP contribution in [0.5, 0.6) is 0 Å². The lowest BCUT2D eigenvalue weighted by atomic mass is 9.79. The van der Waals surface area contributed by atoms with Gasteiger partial charge in [0.05, 0.1) is 23.7 Å². The van der Waals surface area contributed by atoms with Gasteiger partial charge in [-0.05, 0) is 31.0 Å². The van der Waals surface area contributed by atoms with Crippen molar-refractivity contribution in [2.24, 2.45) is 0 Å². The fraction of sp³-hybridized carbons (Fsp3) is 0.636. The van der Waals surface area contributed by atoms with Crippen molar-refractivity contribution in [3.63, 3.8) is 0 Å². The van der Waals surface area contributed by atoms with E-state index in [1.165, 1.54) is 44.8 Å². The summed E-state index contributed by atoms with van der Waals surface area (Å²) in [4.78, 5) is 27.2. The number of rotatable bonds is 8. The number of benzene rings is 1. The zero-order chi connectivity index (χ0) is 23.2. The quantitative estimate of drug-likeness (QED) is 0.574. The molecule has 0 radical (unpaired) electrons. The van der Waals surface area contributed by atoms with Gasteiger partial charge in [-0.1, -0.05) is 25.3 Å². The maximum absolute atomic E-state index is 12.4. The summed E-state index contributed by atoms with van der Waals surface area (Å²) < 4.78 is 36.2. The van der Waals surface area contributed by atoms with Gasteiger partial charge >= 0.3 is 5.97 Å². The molecule has 0 aromatic heterocycles. The number of esters is 1. The van der Waals surface area contributed by atoms with Crippen LogP contribution in [0.1, 0.15) is 42.5 Å². The first kappa shape index (κ1) is 24.6. The zero-order valence-corrected chi connectivity index (χ0v) is 19.7. The number of amides is 1. The Labute approximate surface area is 190 Å². The number of hydrogen-bond donors (Lipinski definition) is 1. The molecule has 0 spiro atoms. The summed E-state index contributed by atoms with van der Waals surface area (Å²) in [5, 5.41) is 2.95. The summed E-state index contributed by atoms with van der Waals surface area (Å²) in [6, 6.07) is 5.60. The molecule has 1 aromatic rings. The van der Waals surface area contributed by atoms with Crippen molar-refractivity contribution in [3.8, 4) is 0 Å². The van der Waals surface area contributed by atoms with Crippen molar-refractivity contribution >= 4 is 21.9 Å². The number of nitrogens with zero attached hydrogens (tertiary/aromatic N) is 2. The second-order valence-electron chi connectivity index (χ2n) is 8.55. The van der Waals surface area contributed by atoms with Gasteiger partial charge in [-0.15, -0.1) is 0 Å². The highest BCUT2D eigenvalue weighted by molar-refractivity contribution is 7.89. The van der Waals surface area contributed by atoms with E-state index in [0.29, 0.717) is 19.8 Å². The molecule has 0 bridgehead atoms. The van der Waals surface area contributed by atoms with E-state index in [9.17, 15) is 18.0 Å². The molecule has 32 heavy (non-hydrogen) atoms. The minimum Gasteiger partial charge on any atom is -0.452 e. The van der Waals surface area contributed by atoms with Crippen LogP contribution >= 0.6 is 0 Å². The Morgan fingerprint density at radius 2 is 1.84 bits per heavy atom. The molecule has 1 saturated carbocycles. The van der Waals surface area contributed by atoms with Crippen LogP contribution in [0.15, 0.2) is 29.2 Å². The number of nitrogens with one attached hydrogen (secondary N) is 1. The van der Waals surface area contributed by atoms with E-state index >= 15 is 0 Å². The normalized spacial score (nSPS) is 19.5. The fourth-order valence-corrected chi connectivity index (χ4v) is 5.32. The largest absolute Gasteiger partial charge is 0.452 e. The predicted molar refractivity (Wildman–Crippen MR) is 119 cm³/mol. The van der Waals surface area contributed by atoms with Gasteiger partial charge < -0.3 is 14.8 Å². The lowest BCUT2D eigenvalue weighted by Crippen LogP contribution is -2.59. The van der Waals surface area contributed by atoms with Crippen molar-refractivity contribution < 1.29 is 27.5 Å². The third-order valence-electron chi connectivity index (χ3n) is 6.26. The molecule has 1 N–H and O–H groups in total. The summed E-state index contributed by atoms with van der Waals surface area (Å²) in [7, 11) is -0.836. The van der Waals surface area contributed by atoms with Gasteiger partial charge in [-0.25, -0.2) is 17.5 Å². The van der Waals surface area contributed by atoms with Crippen LogP contribution < -0.4 is 5.32 Å². The van der Waals surface area contributed by atoms with Crippen molar-refractivity contribution in [1.29, 1.82) is 0 Å². The molecule has 1 aromatic carbocycles. The second kappa shape index (κ2) is 10.7. The first-order valence-corrected chi connectivity index (χ1v) is 12.5. The zero-order valence-electron chi connectivity index (χ0n) is 18.8. The van der Waals surface area contributed by atoms with E-state index in [2.05, 4.69) is 10.2 Å².